The molecule has 0 amide bonds. The maximum absolute atomic E-state index is 3.68. The second-order valence-electron chi connectivity index (χ2n) is 4.06. The lowest BCUT2D eigenvalue weighted by Crippen LogP contribution is -2.28. The second-order valence-corrected chi connectivity index (χ2v) is 4.06. The van der Waals surface area contributed by atoms with Crippen molar-refractivity contribution in [2.75, 3.05) is 0 Å². The molecule has 2 aliphatic rings. The van der Waals surface area contributed by atoms with Gasteiger partial charge in [-0.15, -0.1) is 0 Å². The Morgan fingerprint density at radius 1 is 1.00 bits per heavy atom. The van der Waals surface area contributed by atoms with E-state index in [1.165, 1.54) is 32.1 Å². The minimum atomic E-state index is 0.877. The molecule has 0 aromatic heterocycles. The topological polar surface area (TPSA) is 12.0 Å². The molecule has 10 heavy (non-hydrogen) atoms. The largest absolute Gasteiger partial charge is 0.311 e. The Morgan fingerprint density at radius 3 is 2.20 bits per heavy atom. The lowest BCUT2D eigenvalue weighted by Gasteiger charge is -2.10. The molecular weight excluding hydrogens is 122 g/mol. The zero-order valence-corrected chi connectivity index (χ0v) is 6.77. The van der Waals surface area contributed by atoms with Crippen molar-refractivity contribution in [3.05, 3.63) is 0 Å². The van der Waals surface area contributed by atoms with Crippen LogP contribution < -0.4 is 5.32 Å². The first kappa shape index (κ1) is 6.66. The first-order chi connectivity index (χ1) is 4.84. The van der Waals surface area contributed by atoms with E-state index in [4.69, 9.17) is 0 Å². The van der Waals surface area contributed by atoms with Gasteiger partial charge in [0.15, 0.2) is 0 Å². The van der Waals surface area contributed by atoms with E-state index in [2.05, 4.69) is 12.2 Å². The Kier molecular flexibility index (Phi) is 1.69. The van der Waals surface area contributed by atoms with E-state index in [0.29, 0.717) is 0 Å². The van der Waals surface area contributed by atoms with E-state index < -0.39 is 0 Å². The van der Waals surface area contributed by atoms with Gasteiger partial charge in [0.1, 0.15) is 0 Å². The van der Waals surface area contributed by atoms with Gasteiger partial charge in [-0.05, 0) is 38.0 Å². The summed E-state index contributed by atoms with van der Waals surface area (Å²) in [6, 6.07) is 1.79. The highest BCUT2D eigenvalue weighted by Crippen LogP contribution is 2.28. The highest BCUT2D eigenvalue weighted by molar-refractivity contribution is 4.88. The maximum atomic E-state index is 3.68. The molecule has 2 atom stereocenters. The Labute approximate surface area is 63.2 Å². The van der Waals surface area contributed by atoms with E-state index in [0.717, 1.165) is 18.0 Å². The average Bonchev–Trinajstić information content (AvgIpc) is 2.59. The third kappa shape index (κ3) is 1.51. The summed E-state index contributed by atoms with van der Waals surface area (Å²) in [5.41, 5.74) is 0. The number of nitrogens with one attached hydrogen (secondary N) is 1. The Balaban J connectivity index is 1.72. The van der Waals surface area contributed by atoms with E-state index >= 15 is 0 Å². The van der Waals surface area contributed by atoms with Gasteiger partial charge in [-0.3, -0.25) is 0 Å². The average molecular weight is 139 g/mol. The summed E-state index contributed by atoms with van der Waals surface area (Å²) in [6.07, 6.45) is 7.17. The molecule has 2 rings (SSSR count). The van der Waals surface area contributed by atoms with Crippen molar-refractivity contribution in [3.63, 3.8) is 0 Å². The second kappa shape index (κ2) is 2.54. The Hall–Kier alpha value is -0.0400. The van der Waals surface area contributed by atoms with Crippen LogP contribution in [0.4, 0.5) is 0 Å². The van der Waals surface area contributed by atoms with Crippen molar-refractivity contribution in [1.29, 1.82) is 0 Å². The van der Waals surface area contributed by atoms with Crippen LogP contribution in [0.1, 0.15) is 39.0 Å². The van der Waals surface area contributed by atoms with Gasteiger partial charge in [-0.2, -0.15) is 0 Å². The zero-order chi connectivity index (χ0) is 6.97. The fourth-order valence-corrected chi connectivity index (χ4v) is 1.94. The minimum Gasteiger partial charge on any atom is -0.311 e. The SMILES string of the molecule is C[C@@H]1CC[C@H](NC2CC2)C1. The molecule has 0 aromatic carbocycles. The summed E-state index contributed by atoms with van der Waals surface area (Å²) in [4.78, 5) is 0. The molecule has 1 heteroatoms. The fraction of sp³-hybridized carbons (Fsp3) is 1.00. The molecule has 2 saturated carbocycles. The standard InChI is InChI=1S/C9H17N/c1-7-2-3-9(6-7)10-8-4-5-8/h7-10H,2-6H2,1H3/t7-,9+/m1/s1. The predicted octanol–water partition coefficient (Wildman–Crippen LogP) is 1.93. The molecule has 2 fully saturated rings. The molecule has 0 saturated heterocycles. The van der Waals surface area contributed by atoms with Crippen LogP contribution in [0, 0.1) is 5.92 Å². The predicted molar refractivity (Wildman–Crippen MR) is 43.0 cm³/mol. The van der Waals surface area contributed by atoms with Crippen LogP contribution in [0.15, 0.2) is 0 Å². The summed E-state index contributed by atoms with van der Waals surface area (Å²) in [6.45, 7) is 2.37. The van der Waals surface area contributed by atoms with Gasteiger partial charge in [0.2, 0.25) is 0 Å². The first-order valence-corrected chi connectivity index (χ1v) is 4.60. The van der Waals surface area contributed by atoms with Gasteiger partial charge in [0.25, 0.3) is 0 Å². The van der Waals surface area contributed by atoms with Crippen LogP contribution in [0.2, 0.25) is 0 Å². The van der Waals surface area contributed by atoms with Crippen molar-refractivity contribution >= 4 is 0 Å². The molecule has 0 heterocycles. The highest BCUT2D eigenvalue weighted by atomic mass is 15.0. The third-order valence-corrected chi connectivity index (χ3v) is 2.74. The minimum absolute atomic E-state index is 0.877. The van der Waals surface area contributed by atoms with E-state index in [-0.39, 0.29) is 0 Å². The summed E-state index contributed by atoms with van der Waals surface area (Å²) in [5, 5.41) is 3.68. The van der Waals surface area contributed by atoms with Crippen LogP contribution in [-0.2, 0) is 0 Å². The molecule has 0 unspecified atom stereocenters. The zero-order valence-electron chi connectivity index (χ0n) is 6.77. The Morgan fingerprint density at radius 2 is 1.70 bits per heavy atom. The molecule has 0 bridgehead atoms. The van der Waals surface area contributed by atoms with E-state index in [9.17, 15) is 0 Å². The monoisotopic (exact) mass is 139 g/mol. The van der Waals surface area contributed by atoms with Crippen molar-refractivity contribution in [3.8, 4) is 0 Å². The summed E-state index contributed by atoms with van der Waals surface area (Å²) < 4.78 is 0. The normalized spacial score (nSPS) is 40.5. The first-order valence-electron chi connectivity index (χ1n) is 4.60. The van der Waals surface area contributed by atoms with Crippen molar-refractivity contribution < 1.29 is 0 Å². The van der Waals surface area contributed by atoms with Gasteiger partial charge < -0.3 is 5.32 Å². The van der Waals surface area contributed by atoms with Crippen molar-refractivity contribution in [2.45, 2.75) is 51.1 Å². The lowest BCUT2D eigenvalue weighted by atomic mass is 10.1. The van der Waals surface area contributed by atoms with Gasteiger partial charge in [-0.25, -0.2) is 0 Å². The molecule has 58 valence electrons. The van der Waals surface area contributed by atoms with Gasteiger partial charge >= 0.3 is 0 Å². The van der Waals surface area contributed by atoms with Crippen LogP contribution >= 0.6 is 0 Å². The van der Waals surface area contributed by atoms with Gasteiger partial charge in [0.05, 0.1) is 0 Å². The fourth-order valence-electron chi connectivity index (χ4n) is 1.94. The van der Waals surface area contributed by atoms with E-state index in [1.54, 1.807) is 0 Å². The summed E-state index contributed by atoms with van der Waals surface area (Å²) in [5.74, 6) is 0.983. The molecule has 2 aliphatic carbocycles. The lowest BCUT2D eigenvalue weighted by molar-refractivity contribution is 0.500. The molecular formula is C9H17N. The number of rotatable bonds is 2. The van der Waals surface area contributed by atoms with Crippen LogP contribution in [0.5, 0.6) is 0 Å². The number of hydrogen-bond donors (Lipinski definition) is 1. The molecule has 1 nitrogen and oxygen atoms in total. The highest BCUT2D eigenvalue weighted by Gasteiger charge is 2.28. The smallest absolute Gasteiger partial charge is 0.00722 e. The quantitative estimate of drug-likeness (QED) is 0.616. The van der Waals surface area contributed by atoms with Crippen molar-refractivity contribution in [1.82, 2.24) is 5.32 Å². The molecule has 1 N–H and O–H groups in total. The molecule has 0 aliphatic heterocycles. The number of hydrogen-bond acceptors (Lipinski definition) is 1. The molecule has 0 radical (unpaired) electrons. The molecule has 0 aromatic rings. The Bertz CT molecular complexity index is 118. The third-order valence-electron chi connectivity index (χ3n) is 2.74. The van der Waals surface area contributed by atoms with E-state index in [1.807, 2.05) is 0 Å². The summed E-state index contributed by atoms with van der Waals surface area (Å²) >= 11 is 0. The van der Waals surface area contributed by atoms with Crippen LogP contribution in [-0.4, -0.2) is 12.1 Å². The molecule has 0 spiro atoms. The van der Waals surface area contributed by atoms with Crippen molar-refractivity contribution in [2.24, 2.45) is 5.92 Å². The van der Waals surface area contributed by atoms with Crippen LogP contribution in [0.25, 0.3) is 0 Å². The van der Waals surface area contributed by atoms with Gasteiger partial charge in [0, 0.05) is 12.1 Å². The van der Waals surface area contributed by atoms with Crippen LogP contribution in [0.3, 0.4) is 0 Å². The van der Waals surface area contributed by atoms with Gasteiger partial charge in [-0.1, -0.05) is 6.92 Å². The maximum Gasteiger partial charge on any atom is 0.00722 e. The summed E-state index contributed by atoms with van der Waals surface area (Å²) in [7, 11) is 0.